The number of carbonyl (C=O) groups is 2. The molecule has 1 rings (SSSR count). The topological polar surface area (TPSA) is 94.1 Å². The van der Waals surface area contributed by atoms with Crippen molar-refractivity contribution < 1.29 is 28.3 Å². The summed E-state index contributed by atoms with van der Waals surface area (Å²) in [6, 6.07) is 0. The predicted molar refractivity (Wildman–Crippen MR) is 78.5 cm³/mol. The van der Waals surface area contributed by atoms with Crippen LogP contribution in [0.5, 0.6) is 0 Å². The minimum absolute atomic E-state index is 0.0633. The van der Waals surface area contributed by atoms with E-state index in [1.165, 1.54) is 0 Å². The maximum absolute atomic E-state index is 12.1. The quantitative estimate of drug-likeness (QED) is 0.584. The van der Waals surface area contributed by atoms with E-state index in [2.05, 4.69) is 5.32 Å². The predicted octanol–water partition coefficient (Wildman–Crippen LogP) is 1.79. The molecule has 0 aromatic heterocycles. The van der Waals surface area contributed by atoms with Gasteiger partial charge in [0.05, 0.1) is 12.5 Å². The zero-order valence-corrected chi connectivity index (χ0v) is 14.2. The van der Waals surface area contributed by atoms with Crippen LogP contribution in [-0.4, -0.2) is 42.1 Å². The molecule has 0 aromatic carbocycles. The van der Waals surface area contributed by atoms with Crippen molar-refractivity contribution in [1.29, 1.82) is 0 Å². The summed E-state index contributed by atoms with van der Waals surface area (Å²) in [5.41, 5.74) is -0.635. The monoisotopic (exact) mass is 342 g/mol. The first kappa shape index (κ1) is 18.6. The van der Waals surface area contributed by atoms with Crippen molar-refractivity contribution in [3.63, 3.8) is 0 Å². The zero-order valence-electron chi connectivity index (χ0n) is 12.6. The number of esters is 1. The maximum Gasteiger partial charge on any atom is 0.522 e. The van der Waals surface area contributed by atoms with Crippen LogP contribution in [0.4, 0.5) is 0 Å². The van der Waals surface area contributed by atoms with Gasteiger partial charge in [0.2, 0.25) is 0 Å². The van der Waals surface area contributed by atoms with E-state index in [1.54, 1.807) is 27.7 Å². The van der Waals surface area contributed by atoms with Crippen LogP contribution in [0.2, 0.25) is 0 Å². The van der Waals surface area contributed by atoms with Gasteiger partial charge in [0.15, 0.2) is 17.3 Å². The summed E-state index contributed by atoms with van der Waals surface area (Å²) >= 11 is 5.65. The minimum atomic E-state index is -3.48. The molecule has 0 radical (unpaired) electrons. The molecule has 1 heterocycles. The molecule has 0 saturated carbocycles. The summed E-state index contributed by atoms with van der Waals surface area (Å²) in [6.45, 7) is 7.26. The molecule has 2 N–H and O–H groups in total. The van der Waals surface area contributed by atoms with Crippen molar-refractivity contribution in [2.45, 2.75) is 46.3 Å². The van der Waals surface area contributed by atoms with E-state index >= 15 is 0 Å². The number of amides is 1. The van der Waals surface area contributed by atoms with Crippen LogP contribution in [-0.2, 0) is 23.4 Å². The molecule has 0 aromatic rings. The van der Waals surface area contributed by atoms with Crippen molar-refractivity contribution >= 4 is 30.4 Å². The maximum atomic E-state index is 12.1. The van der Waals surface area contributed by atoms with Gasteiger partial charge in [-0.3, -0.25) is 9.59 Å². The van der Waals surface area contributed by atoms with Crippen LogP contribution in [0.15, 0.2) is 0 Å². The highest BCUT2D eigenvalue weighted by atomic mass is 35.7. The van der Waals surface area contributed by atoms with Crippen LogP contribution in [0.1, 0.15) is 34.1 Å². The van der Waals surface area contributed by atoms with E-state index in [1.807, 2.05) is 0 Å². The molecular formula is C12H22ClNO6P+. The van der Waals surface area contributed by atoms with Crippen molar-refractivity contribution in [2.75, 3.05) is 13.2 Å². The van der Waals surface area contributed by atoms with E-state index in [9.17, 15) is 14.5 Å². The van der Waals surface area contributed by atoms with Gasteiger partial charge in [-0.05, 0) is 13.8 Å². The standard InChI is InChI=1S/C12H21ClNO6P/c1-8(2)19-9(15)5-6-14-11(16)10-12(3,4)7-18-21(13,17)20-10/h8,10,17H,5-7H2,1-4H3/p+1/t10-,21?/m0/s1. The van der Waals surface area contributed by atoms with Gasteiger partial charge in [0, 0.05) is 12.0 Å². The fourth-order valence-electron chi connectivity index (χ4n) is 1.73. The second-order valence-corrected chi connectivity index (χ2v) is 8.43. The molecule has 1 saturated heterocycles. The number of ether oxygens (including phenoxy) is 1. The Balaban J connectivity index is 2.48. The Morgan fingerprint density at radius 1 is 1.52 bits per heavy atom. The molecule has 2 atom stereocenters. The van der Waals surface area contributed by atoms with Crippen molar-refractivity contribution in [1.82, 2.24) is 5.32 Å². The smallest absolute Gasteiger partial charge is 0.463 e. The number of rotatable bonds is 5. The number of carbonyl (C=O) groups excluding carboxylic acids is 2. The van der Waals surface area contributed by atoms with Gasteiger partial charge in [0.25, 0.3) is 5.91 Å². The number of nitrogens with one attached hydrogen (secondary N) is 1. The molecule has 1 unspecified atom stereocenters. The summed E-state index contributed by atoms with van der Waals surface area (Å²) in [4.78, 5) is 33.1. The van der Waals surface area contributed by atoms with Crippen LogP contribution in [0, 0.1) is 5.41 Å². The first-order valence-corrected chi connectivity index (χ1v) is 9.13. The second kappa shape index (κ2) is 7.20. The Labute approximate surface area is 129 Å². The molecule has 9 heteroatoms. The van der Waals surface area contributed by atoms with E-state index in [0.29, 0.717) is 0 Å². The van der Waals surface area contributed by atoms with Crippen molar-refractivity contribution in [2.24, 2.45) is 5.41 Å². The first-order valence-electron chi connectivity index (χ1n) is 6.65. The molecule has 1 fully saturated rings. The number of halogens is 1. The Bertz CT molecular complexity index is 401. The van der Waals surface area contributed by atoms with Gasteiger partial charge in [0.1, 0.15) is 6.61 Å². The van der Waals surface area contributed by atoms with Crippen LogP contribution >= 0.6 is 18.5 Å². The lowest BCUT2D eigenvalue weighted by Crippen LogP contribution is -2.50. The minimum Gasteiger partial charge on any atom is -0.463 e. The third-order valence-electron chi connectivity index (χ3n) is 2.77. The summed E-state index contributed by atoms with van der Waals surface area (Å²) in [5.74, 6) is -0.835. The lowest BCUT2D eigenvalue weighted by molar-refractivity contribution is -0.147. The Hall–Kier alpha value is -0.460. The average molecular weight is 343 g/mol. The van der Waals surface area contributed by atoms with Crippen molar-refractivity contribution in [3.8, 4) is 0 Å². The molecule has 1 aliphatic heterocycles. The van der Waals surface area contributed by atoms with Crippen LogP contribution in [0.3, 0.4) is 0 Å². The lowest BCUT2D eigenvalue weighted by Gasteiger charge is -2.35. The van der Waals surface area contributed by atoms with Gasteiger partial charge in [-0.1, -0.05) is 13.8 Å². The fourth-order valence-corrected chi connectivity index (χ4v) is 3.31. The van der Waals surface area contributed by atoms with Gasteiger partial charge >= 0.3 is 13.3 Å². The van der Waals surface area contributed by atoms with Crippen molar-refractivity contribution in [3.05, 3.63) is 0 Å². The molecule has 1 amide bonds. The van der Waals surface area contributed by atoms with Crippen LogP contribution < -0.4 is 5.32 Å². The van der Waals surface area contributed by atoms with E-state index in [0.717, 1.165) is 0 Å². The molecule has 122 valence electrons. The largest absolute Gasteiger partial charge is 0.522 e. The van der Waals surface area contributed by atoms with E-state index < -0.39 is 24.7 Å². The number of hydrogen-bond acceptors (Lipinski definition) is 6. The highest BCUT2D eigenvalue weighted by Gasteiger charge is 2.56. The molecule has 0 bridgehead atoms. The molecule has 7 nitrogen and oxygen atoms in total. The third kappa shape index (κ3) is 6.04. The third-order valence-corrected chi connectivity index (χ3v) is 4.22. The van der Waals surface area contributed by atoms with Gasteiger partial charge in [-0.25, -0.2) is 0 Å². The van der Waals surface area contributed by atoms with Crippen LogP contribution in [0.25, 0.3) is 0 Å². The lowest BCUT2D eigenvalue weighted by atomic mass is 9.87. The molecule has 0 aliphatic carbocycles. The number of hydrogen-bond donors (Lipinski definition) is 2. The summed E-state index contributed by atoms with van der Waals surface area (Å²) in [6.07, 6.45) is -1.07. The van der Waals surface area contributed by atoms with Gasteiger partial charge in [-0.2, -0.15) is 9.42 Å². The summed E-state index contributed by atoms with van der Waals surface area (Å²) < 4.78 is 15.1. The Morgan fingerprint density at radius 3 is 2.71 bits per heavy atom. The van der Waals surface area contributed by atoms with Gasteiger partial charge in [-0.15, -0.1) is 4.52 Å². The fraction of sp³-hybridized carbons (Fsp3) is 0.833. The summed E-state index contributed by atoms with van der Waals surface area (Å²) in [5, 5.41) is 2.58. The Kier molecular flexibility index (Phi) is 6.37. The molecule has 1 aliphatic rings. The van der Waals surface area contributed by atoms with Gasteiger partial charge < -0.3 is 10.1 Å². The SMILES string of the molecule is CC(C)OC(=O)CCNC(=O)[C@@H]1O[P+](O)(Cl)OCC1(C)C. The van der Waals surface area contributed by atoms with E-state index in [-0.39, 0.29) is 31.6 Å². The highest BCUT2D eigenvalue weighted by molar-refractivity contribution is 7.86. The highest BCUT2D eigenvalue weighted by Crippen LogP contribution is 2.67. The normalized spacial score (nSPS) is 28.2. The molecular weight excluding hydrogens is 321 g/mol. The molecule has 21 heavy (non-hydrogen) atoms. The average Bonchev–Trinajstić information content (AvgIpc) is 2.31. The second-order valence-electron chi connectivity index (χ2n) is 5.78. The first-order chi connectivity index (χ1) is 9.53. The zero-order chi connectivity index (χ0) is 16.3. The molecule has 0 spiro atoms. The summed E-state index contributed by atoms with van der Waals surface area (Å²) in [7, 11) is -3.48. The van der Waals surface area contributed by atoms with E-state index in [4.69, 9.17) is 25.0 Å². The Morgan fingerprint density at radius 2 is 2.14 bits per heavy atom.